The van der Waals surface area contributed by atoms with E-state index in [1.54, 1.807) is 24.3 Å². The Labute approximate surface area is 206 Å². The standard InChI is InChI=1S/C30H33F3O2/c1-3-5-20-6-12-23(13-7-20)25-15-17-28(30(33)29(25)32)35-19-21-8-10-22(11-9-21)24-14-16-27(34-4-2)26(31)18-24/h8-11,14-18,20,23H,3-7,12-13,19H2,1-2H3. The highest BCUT2D eigenvalue weighted by molar-refractivity contribution is 5.64. The van der Waals surface area contributed by atoms with E-state index < -0.39 is 17.5 Å². The Bertz CT molecular complexity index is 1120. The molecular weight excluding hydrogens is 449 g/mol. The lowest BCUT2D eigenvalue weighted by Gasteiger charge is -2.29. The van der Waals surface area contributed by atoms with Gasteiger partial charge in [0.25, 0.3) is 0 Å². The molecule has 0 aliphatic heterocycles. The van der Waals surface area contributed by atoms with Crippen LogP contribution in [0.1, 0.15) is 69.4 Å². The minimum absolute atomic E-state index is 0.0756. The van der Waals surface area contributed by atoms with Gasteiger partial charge in [-0.05, 0) is 84.9 Å². The lowest BCUT2D eigenvalue weighted by Crippen LogP contribution is -2.15. The fourth-order valence-corrected chi connectivity index (χ4v) is 5.05. The van der Waals surface area contributed by atoms with Gasteiger partial charge in [0.15, 0.2) is 23.1 Å². The average molecular weight is 483 g/mol. The molecule has 4 rings (SSSR count). The van der Waals surface area contributed by atoms with E-state index in [1.807, 2.05) is 31.2 Å². The van der Waals surface area contributed by atoms with Crippen LogP contribution < -0.4 is 9.47 Å². The topological polar surface area (TPSA) is 18.5 Å². The van der Waals surface area contributed by atoms with Gasteiger partial charge in [0.05, 0.1) is 6.61 Å². The molecule has 0 atom stereocenters. The van der Waals surface area contributed by atoms with Crippen LogP contribution in [-0.4, -0.2) is 6.61 Å². The number of rotatable bonds is 9. The van der Waals surface area contributed by atoms with Gasteiger partial charge >= 0.3 is 0 Å². The molecule has 1 fully saturated rings. The second-order valence-corrected chi connectivity index (χ2v) is 9.35. The first-order chi connectivity index (χ1) is 17.0. The summed E-state index contributed by atoms with van der Waals surface area (Å²) < 4.78 is 54.7. The van der Waals surface area contributed by atoms with Gasteiger partial charge in [-0.1, -0.05) is 56.2 Å². The van der Waals surface area contributed by atoms with Gasteiger partial charge < -0.3 is 9.47 Å². The average Bonchev–Trinajstić information content (AvgIpc) is 2.87. The Morgan fingerprint density at radius 3 is 2.09 bits per heavy atom. The van der Waals surface area contributed by atoms with E-state index in [-0.39, 0.29) is 24.0 Å². The maximum Gasteiger partial charge on any atom is 0.200 e. The summed E-state index contributed by atoms with van der Waals surface area (Å²) in [5.74, 6) is -1.17. The summed E-state index contributed by atoms with van der Waals surface area (Å²) in [5, 5.41) is 0. The summed E-state index contributed by atoms with van der Waals surface area (Å²) >= 11 is 0. The van der Waals surface area contributed by atoms with Crippen molar-refractivity contribution in [1.29, 1.82) is 0 Å². The van der Waals surface area contributed by atoms with E-state index in [0.29, 0.717) is 18.1 Å². The van der Waals surface area contributed by atoms with Crippen LogP contribution in [0.3, 0.4) is 0 Å². The molecule has 0 saturated heterocycles. The first-order valence-electron chi connectivity index (χ1n) is 12.6. The van der Waals surface area contributed by atoms with Crippen LogP contribution in [0.25, 0.3) is 11.1 Å². The third kappa shape index (κ3) is 6.01. The molecular formula is C30H33F3O2. The van der Waals surface area contributed by atoms with E-state index in [0.717, 1.165) is 42.4 Å². The van der Waals surface area contributed by atoms with E-state index >= 15 is 0 Å². The molecule has 2 nitrogen and oxygen atoms in total. The highest BCUT2D eigenvalue weighted by atomic mass is 19.2. The van der Waals surface area contributed by atoms with Crippen molar-refractivity contribution < 1.29 is 22.6 Å². The predicted octanol–water partition coefficient (Wildman–Crippen LogP) is 8.82. The number of hydrogen-bond acceptors (Lipinski definition) is 2. The summed E-state index contributed by atoms with van der Waals surface area (Å²) in [4.78, 5) is 0. The van der Waals surface area contributed by atoms with E-state index in [4.69, 9.17) is 9.47 Å². The maximum absolute atomic E-state index is 14.9. The van der Waals surface area contributed by atoms with Crippen molar-refractivity contribution in [1.82, 2.24) is 0 Å². The van der Waals surface area contributed by atoms with Gasteiger partial charge in [0, 0.05) is 0 Å². The zero-order chi connectivity index (χ0) is 24.8. The number of halogens is 3. The molecule has 0 bridgehead atoms. The first kappa shape index (κ1) is 25.2. The fourth-order valence-electron chi connectivity index (χ4n) is 5.05. The molecule has 1 saturated carbocycles. The minimum atomic E-state index is -0.917. The molecule has 0 aromatic heterocycles. The Kier molecular flexibility index (Phi) is 8.37. The van der Waals surface area contributed by atoms with E-state index in [9.17, 15) is 13.2 Å². The van der Waals surface area contributed by atoms with Crippen molar-refractivity contribution in [2.75, 3.05) is 6.61 Å². The van der Waals surface area contributed by atoms with Crippen molar-refractivity contribution in [3.63, 3.8) is 0 Å². The van der Waals surface area contributed by atoms with Crippen LogP contribution in [0.15, 0.2) is 54.6 Å². The molecule has 0 unspecified atom stereocenters. The zero-order valence-electron chi connectivity index (χ0n) is 20.5. The molecule has 186 valence electrons. The Hall–Kier alpha value is -2.95. The minimum Gasteiger partial charge on any atom is -0.491 e. The summed E-state index contributed by atoms with van der Waals surface area (Å²) in [6.45, 7) is 4.51. The molecule has 0 N–H and O–H groups in total. The summed E-state index contributed by atoms with van der Waals surface area (Å²) in [5.41, 5.74) is 2.84. The first-order valence-corrected chi connectivity index (χ1v) is 12.6. The fraction of sp³-hybridized carbons (Fsp3) is 0.400. The quantitative estimate of drug-likeness (QED) is 0.303. The molecule has 3 aromatic carbocycles. The van der Waals surface area contributed by atoms with Crippen molar-refractivity contribution in [3.8, 4) is 22.6 Å². The van der Waals surface area contributed by atoms with Crippen molar-refractivity contribution in [3.05, 3.63) is 83.2 Å². The molecule has 1 aliphatic rings. The van der Waals surface area contributed by atoms with Gasteiger partial charge in [-0.15, -0.1) is 0 Å². The van der Waals surface area contributed by atoms with E-state index in [1.165, 1.54) is 18.9 Å². The molecule has 0 amide bonds. The summed E-state index contributed by atoms with van der Waals surface area (Å²) in [7, 11) is 0. The molecule has 0 spiro atoms. The molecule has 0 heterocycles. The van der Waals surface area contributed by atoms with Crippen LogP contribution in [0.2, 0.25) is 0 Å². The van der Waals surface area contributed by atoms with Crippen LogP contribution in [0.4, 0.5) is 13.2 Å². The Morgan fingerprint density at radius 1 is 0.743 bits per heavy atom. The highest BCUT2D eigenvalue weighted by Crippen LogP contribution is 2.40. The number of hydrogen-bond donors (Lipinski definition) is 0. The Balaban J connectivity index is 1.38. The van der Waals surface area contributed by atoms with Crippen molar-refractivity contribution >= 4 is 0 Å². The number of ether oxygens (including phenoxy) is 2. The SMILES string of the molecule is CCCC1CCC(c2ccc(OCc3ccc(-c4ccc(OCC)c(F)c4)cc3)c(F)c2F)CC1. The van der Waals surface area contributed by atoms with Crippen LogP contribution in [-0.2, 0) is 6.61 Å². The largest absolute Gasteiger partial charge is 0.491 e. The van der Waals surface area contributed by atoms with Gasteiger partial charge in [-0.25, -0.2) is 8.78 Å². The lowest BCUT2D eigenvalue weighted by atomic mass is 9.77. The molecule has 35 heavy (non-hydrogen) atoms. The highest BCUT2D eigenvalue weighted by Gasteiger charge is 2.26. The van der Waals surface area contributed by atoms with Crippen LogP contribution >= 0.6 is 0 Å². The maximum atomic E-state index is 14.9. The smallest absolute Gasteiger partial charge is 0.200 e. The monoisotopic (exact) mass is 482 g/mol. The predicted molar refractivity (Wildman–Crippen MR) is 133 cm³/mol. The second-order valence-electron chi connectivity index (χ2n) is 9.35. The normalized spacial score (nSPS) is 17.9. The van der Waals surface area contributed by atoms with Crippen LogP contribution in [0, 0.1) is 23.4 Å². The van der Waals surface area contributed by atoms with E-state index in [2.05, 4.69) is 6.92 Å². The molecule has 1 aliphatic carbocycles. The summed E-state index contributed by atoms with van der Waals surface area (Å²) in [6, 6.07) is 15.4. The van der Waals surface area contributed by atoms with Gasteiger partial charge in [-0.2, -0.15) is 4.39 Å². The van der Waals surface area contributed by atoms with Gasteiger partial charge in [0.2, 0.25) is 5.82 Å². The third-order valence-corrected chi connectivity index (χ3v) is 6.97. The van der Waals surface area contributed by atoms with Crippen molar-refractivity contribution in [2.45, 2.75) is 64.9 Å². The zero-order valence-corrected chi connectivity index (χ0v) is 20.5. The second kappa shape index (κ2) is 11.7. The Morgan fingerprint density at radius 2 is 1.43 bits per heavy atom. The van der Waals surface area contributed by atoms with Gasteiger partial charge in [-0.3, -0.25) is 0 Å². The molecule has 5 heteroatoms. The molecule has 3 aromatic rings. The summed E-state index contributed by atoms with van der Waals surface area (Å²) in [6.07, 6.45) is 6.37. The molecule has 0 radical (unpaired) electrons. The van der Waals surface area contributed by atoms with Crippen LogP contribution in [0.5, 0.6) is 11.5 Å². The van der Waals surface area contributed by atoms with Crippen molar-refractivity contribution in [2.24, 2.45) is 5.92 Å². The number of benzene rings is 3. The third-order valence-electron chi connectivity index (χ3n) is 6.97. The van der Waals surface area contributed by atoms with Gasteiger partial charge in [0.1, 0.15) is 6.61 Å². The lowest BCUT2D eigenvalue weighted by molar-refractivity contribution is 0.279.